The molecule has 2 heterocycles. The van der Waals surface area contributed by atoms with Gasteiger partial charge in [0.15, 0.2) is 0 Å². The highest BCUT2D eigenvalue weighted by Crippen LogP contribution is 2.28. The van der Waals surface area contributed by atoms with Gasteiger partial charge in [-0.05, 0) is 7.05 Å². The molecule has 2 rings (SSSR count). The summed E-state index contributed by atoms with van der Waals surface area (Å²) in [7, 11) is 1.70. The van der Waals surface area contributed by atoms with Crippen molar-refractivity contribution in [2.45, 2.75) is 6.18 Å². The molecule has 9 heteroatoms. The predicted molar refractivity (Wildman–Crippen MR) is 69.8 cm³/mol. The van der Waals surface area contributed by atoms with E-state index in [1.165, 1.54) is 0 Å². The number of carbonyl (C=O) groups is 1. The summed E-state index contributed by atoms with van der Waals surface area (Å²) in [6.45, 7) is 2.29. The van der Waals surface area contributed by atoms with E-state index in [1.54, 1.807) is 16.8 Å². The van der Waals surface area contributed by atoms with Crippen molar-refractivity contribution in [1.82, 2.24) is 20.2 Å². The monoisotopic (exact) mass is 303 g/mol. The molecule has 0 aliphatic carbocycles. The lowest BCUT2D eigenvalue weighted by Crippen LogP contribution is -2.51. The summed E-state index contributed by atoms with van der Waals surface area (Å²) in [5.41, 5.74) is -0.867. The predicted octanol–water partition coefficient (Wildman–Crippen LogP) is 0.363. The van der Waals surface area contributed by atoms with Gasteiger partial charge in [0.1, 0.15) is 0 Å². The van der Waals surface area contributed by atoms with E-state index in [-0.39, 0.29) is 18.4 Å². The standard InChI is InChI=1S/C12H16F3N5O/c1-16-8-10(21)19-2-4-20(5-3-19)11-17-6-9(7-18-11)12(13,14)15/h6-7,16H,2-5,8H2,1H3. The van der Waals surface area contributed by atoms with E-state index in [1.807, 2.05) is 0 Å². The quantitative estimate of drug-likeness (QED) is 0.874. The molecule has 1 N–H and O–H groups in total. The number of hydrogen-bond donors (Lipinski definition) is 1. The molecule has 1 aliphatic heterocycles. The molecule has 21 heavy (non-hydrogen) atoms. The molecule has 6 nitrogen and oxygen atoms in total. The van der Waals surface area contributed by atoms with Crippen molar-refractivity contribution in [2.24, 2.45) is 0 Å². The summed E-state index contributed by atoms with van der Waals surface area (Å²) in [6, 6.07) is 0. The molecule has 1 amide bonds. The minimum Gasteiger partial charge on any atom is -0.338 e. The van der Waals surface area contributed by atoms with E-state index in [4.69, 9.17) is 0 Å². The Hall–Kier alpha value is -1.90. The zero-order chi connectivity index (χ0) is 15.5. The molecule has 0 saturated carbocycles. The molecule has 0 atom stereocenters. The number of alkyl halides is 3. The highest BCUT2D eigenvalue weighted by atomic mass is 19.4. The first-order chi connectivity index (χ1) is 9.91. The number of nitrogens with one attached hydrogen (secondary N) is 1. The minimum absolute atomic E-state index is 0.00508. The third-order valence-electron chi connectivity index (χ3n) is 3.21. The van der Waals surface area contributed by atoms with Gasteiger partial charge in [-0.2, -0.15) is 13.2 Å². The van der Waals surface area contributed by atoms with E-state index in [9.17, 15) is 18.0 Å². The number of hydrogen-bond acceptors (Lipinski definition) is 5. The number of amides is 1. The Morgan fingerprint density at radius 1 is 1.24 bits per heavy atom. The fourth-order valence-electron chi connectivity index (χ4n) is 2.05. The summed E-state index contributed by atoms with van der Waals surface area (Å²) in [6.07, 6.45) is -2.88. The van der Waals surface area contributed by atoms with Crippen LogP contribution in [-0.4, -0.2) is 60.5 Å². The van der Waals surface area contributed by atoms with E-state index >= 15 is 0 Å². The van der Waals surface area contributed by atoms with Crippen molar-refractivity contribution in [2.75, 3.05) is 44.7 Å². The number of anilines is 1. The Labute approximate surface area is 120 Å². The van der Waals surface area contributed by atoms with Crippen molar-refractivity contribution in [1.29, 1.82) is 0 Å². The van der Waals surface area contributed by atoms with Crippen LogP contribution < -0.4 is 10.2 Å². The van der Waals surface area contributed by atoms with Gasteiger partial charge in [0.05, 0.1) is 12.1 Å². The van der Waals surface area contributed by atoms with Gasteiger partial charge in [0.25, 0.3) is 0 Å². The van der Waals surface area contributed by atoms with E-state index in [2.05, 4.69) is 15.3 Å². The second kappa shape index (κ2) is 6.25. The minimum atomic E-state index is -4.43. The number of aromatic nitrogens is 2. The largest absolute Gasteiger partial charge is 0.419 e. The molecular weight excluding hydrogens is 287 g/mol. The van der Waals surface area contributed by atoms with Crippen LogP contribution in [0.1, 0.15) is 5.56 Å². The third-order valence-corrected chi connectivity index (χ3v) is 3.21. The van der Waals surface area contributed by atoms with Crippen molar-refractivity contribution in [3.8, 4) is 0 Å². The highest BCUT2D eigenvalue weighted by molar-refractivity contribution is 5.78. The van der Waals surface area contributed by atoms with Crippen LogP contribution in [0.4, 0.5) is 19.1 Å². The molecular formula is C12H16F3N5O. The van der Waals surface area contributed by atoms with Crippen LogP contribution in [0.2, 0.25) is 0 Å². The molecule has 0 spiro atoms. The van der Waals surface area contributed by atoms with Crippen LogP contribution >= 0.6 is 0 Å². The van der Waals surface area contributed by atoms with Gasteiger partial charge in [-0.1, -0.05) is 0 Å². The van der Waals surface area contributed by atoms with Crippen molar-refractivity contribution < 1.29 is 18.0 Å². The number of likely N-dealkylation sites (N-methyl/N-ethyl adjacent to an activating group) is 1. The van der Waals surface area contributed by atoms with Gasteiger partial charge in [-0.3, -0.25) is 4.79 Å². The fraction of sp³-hybridized carbons (Fsp3) is 0.583. The van der Waals surface area contributed by atoms with Crippen molar-refractivity contribution in [3.63, 3.8) is 0 Å². The molecule has 1 saturated heterocycles. The summed E-state index contributed by atoms with van der Waals surface area (Å²) >= 11 is 0. The Bertz CT molecular complexity index is 483. The van der Waals surface area contributed by atoms with Gasteiger partial charge in [-0.25, -0.2) is 9.97 Å². The summed E-state index contributed by atoms with van der Waals surface area (Å²) in [5.74, 6) is 0.259. The molecule has 1 aromatic heterocycles. The fourth-order valence-corrected chi connectivity index (χ4v) is 2.05. The zero-order valence-corrected chi connectivity index (χ0v) is 11.5. The van der Waals surface area contributed by atoms with Crippen LogP contribution in [-0.2, 0) is 11.0 Å². The normalized spacial score (nSPS) is 16.2. The van der Waals surface area contributed by atoms with Gasteiger partial charge in [0, 0.05) is 38.6 Å². The topological polar surface area (TPSA) is 61.4 Å². The Balaban J connectivity index is 1.95. The van der Waals surface area contributed by atoms with E-state index in [0.29, 0.717) is 26.2 Å². The lowest BCUT2D eigenvalue weighted by atomic mass is 10.3. The first-order valence-electron chi connectivity index (χ1n) is 6.48. The van der Waals surface area contributed by atoms with Gasteiger partial charge in [0.2, 0.25) is 11.9 Å². The second-order valence-electron chi connectivity index (χ2n) is 4.67. The van der Waals surface area contributed by atoms with Crippen LogP contribution in [0.25, 0.3) is 0 Å². The zero-order valence-electron chi connectivity index (χ0n) is 11.5. The van der Waals surface area contributed by atoms with Gasteiger partial charge < -0.3 is 15.1 Å². The Morgan fingerprint density at radius 2 is 1.81 bits per heavy atom. The average molecular weight is 303 g/mol. The van der Waals surface area contributed by atoms with Crippen LogP contribution in [0.5, 0.6) is 0 Å². The Morgan fingerprint density at radius 3 is 2.29 bits per heavy atom. The van der Waals surface area contributed by atoms with Crippen molar-refractivity contribution >= 4 is 11.9 Å². The summed E-state index contributed by atoms with van der Waals surface area (Å²) in [5, 5.41) is 2.79. The summed E-state index contributed by atoms with van der Waals surface area (Å²) < 4.78 is 37.3. The maximum absolute atomic E-state index is 12.4. The number of halogens is 3. The lowest BCUT2D eigenvalue weighted by Gasteiger charge is -2.34. The molecule has 1 aliphatic rings. The van der Waals surface area contributed by atoms with Crippen LogP contribution in [0.3, 0.4) is 0 Å². The maximum atomic E-state index is 12.4. The van der Waals surface area contributed by atoms with Gasteiger partial charge in [-0.15, -0.1) is 0 Å². The van der Waals surface area contributed by atoms with Gasteiger partial charge >= 0.3 is 6.18 Å². The number of piperazine rings is 1. The van der Waals surface area contributed by atoms with E-state index < -0.39 is 11.7 Å². The maximum Gasteiger partial charge on any atom is 0.419 e. The molecule has 1 fully saturated rings. The molecule has 1 aromatic rings. The van der Waals surface area contributed by atoms with Crippen molar-refractivity contribution in [3.05, 3.63) is 18.0 Å². The molecule has 0 bridgehead atoms. The smallest absolute Gasteiger partial charge is 0.338 e. The highest BCUT2D eigenvalue weighted by Gasteiger charge is 2.32. The molecule has 0 unspecified atom stereocenters. The second-order valence-corrected chi connectivity index (χ2v) is 4.67. The first kappa shape index (κ1) is 15.5. The molecule has 0 radical (unpaired) electrons. The number of nitrogens with zero attached hydrogens (tertiary/aromatic N) is 4. The molecule has 116 valence electrons. The van der Waals surface area contributed by atoms with Crippen LogP contribution in [0, 0.1) is 0 Å². The molecule has 0 aromatic carbocycles. The third kappa shape index (κ3) is 3.81. The number of rotatable bonds is 3. The Kier molecular flexibility index (Phi) is 4.61. The van der Waals surface area contributed by atoms with Crippen LogP contribution in [0.15, 0.2) is 12.4 Å². The van der Waals surface area contributed by atoms with E-state index in [0.717, 1.165) is 12.4 Å². The SMILES string of the molecule is CNCC(=O)N1CCN(c2ncc(C(F)(F)F)cn2)CC1. The number of carbonyl (C=O) groups excluding carboxylic acids is 1. The first-order valence-corrected chi connectivity index (χ1v) is 6.48. The average Bonchev–Trinajstić information content (AvgIpc) is 2.47. The summed E-state index contributed by atoms with van der Waals surface area (Å²) in [4.78, 5) is 22.7. The lowest BCUT2D eigenvalue weighted by molar-refractivity contribution is -0.138.